The van der Waals surface area contributed by atoms with E-state index in [1.165, 1.54) is 0 Å². The molecule has 0 aliphatic heterocycles. The Hall–Kier alpha value is -2.13. The summed E-state index contributed by atoms with van der Waals surface area (Å²) in [5, 5.41) is 0.667. The first-order valence-corrected chi connectivity index (χ1v) is 8.95. The van der Waals surface area contributed by atoms with E-state index in [4.69, 9.17) is 16.3 Å². The van der Waals surface area contributed by atoms with Crippen molar-refractivity contribution in [3.05, 3.63) is 58.8 Å². The molecule has 1 atom stereocenters. The second kappa shape index (κ2) is 9.38. The van der Waals surface area contributed by atoms with E-state index in [-0.39, 0.29) is 11.7 Å². The van der Waals surface area contributed by atoms with Gasteiger partial charge >= 0.3 is 0 Å². The van der Waals surface area contributed by atoms with E-state index in [0.29, 0.717) is 23.1 Å². The van der Waals surface area contributed by atoms with Gasteiger partial charge in [-0.05, 0) is 54.7 Å². The monoisotopic (exact) mass is 357 g/mol. The largest absolute Gasteiger partial charge is 0.439 e. The summed E-state index contributed by atoms with van der Waals surface area (Å²) in [5.74, 6) is 1.64. The highest BCUT2D eigenvalue weighted by molar-refractivity contribution is 6.30. The number of allylic oxidation sites excluding steroid dienone is 1. The van der Waals surface area contributed by atoms with Crippen LogP contribution in [0.25, 0.3) is 6.08 Å². The minimum atomic E-state index is 0.197. The summed E-state index contributed by atoms with van der Waals surface area (Å²) in [5.41, 5.74) is 2.13. The normalized spacial score (nSPS) is 12.3. The van der Waals surface area contributed by atoms with Gasteiger partial charge in [0.1, 0.15) is 11.5 Å². The standard InChI is InChI=1S/C21H24ClNO2/c1-4-5-18-11-19(22)13-20(12-18)25-21-9-8-17(14-23-21)7-6-15(2)10-16(3)24/h6-9,11-15H,4-5,10H2,1-3H3/b7-6+/t15-/m0/s1. The molecule has 0 aliphatic rings. The number of hydrogen-bond donors (Lipinski definition) is 0. The lowest BCUT2D eigenvalue weighted by molar-refractivity contribution is -0.117. The van der Waals surface area contributed by atoms with Crippen molar-refractivity contribution >= 4 is 23.5 Å². The maximum Gasteiger partial charge on any atom is 0.219 e. The Balaban J connectivity index is 2.03. The molecule has 0 unspecified atom stereocenters. The smallest absolute Gasteiger partial charge is 0.219 e. The van der Waals surface area contributed by atoms with Gasteiger partial charge in [-0.1, -0.05) is 44.0 Å². The van der Waals surface area contributed by atoms with Crippen LogP contribution in [0.4, 0.5) is 0 Å². The molecule has 0 aliphatic carbocycles. The molecule has 25 heavy (non-hydrogen) atoms. The van der Waals surface area contributed by atoms with Crippen LogP contribution in [0, 0.1) is 5.92 Å². The molecular formula is C21H24ClNO2. The Bertz CT molecular complexity index is 738. The number of Topliss-reactive ketones (excluding diaryl/α,β-unsaturated/α-hetero) is 1. The van der Waals surface area contributed by atoms with E-state index < -0.39 is 0 Å². The molecule has 1 aromatic heterocycles. The molecule has 1 heterocycles. The van der Waals surface area contributed by atoms with Crippen molar-refractivity contribution in [2.24, 2.45) is 5.92 Å². The number of aromatic nitrogens is 1. The molecule has 0 amide bonds. The van der Waals surface area contributed by atoms with Crippen LogP contribution in [0.2, 0.25) is 5.02 Å². The van der Waals surface area contributed by atoms with Gasteiger partial charge in [0.15, 0.2) is 0 Å². The molecule has 132 valence electrons. The summed E-state index contributed by atoms with van der Waals surface area (Å²) >= 11 is 6.15. The van der Waals surface area contributed by atoms with Crippen molar-refractivity contribution in [1.29, 1.82) is 0 Å². The van der Waals surface area contributed by atoms with Crippen LogP contribution in [-0.4, -0.2) is 10.8 Å². The Labute approximate surface area is 154 Å². The van der Waals surface area contributed by atoms with Crippen LogP contribution >= 0.6 is 11.6 Å². The third kappa shape index (κ3) is 6.71. The maximum atomic E-state index is 11.1. The summed E-state index contributed by atoms with van der Waals surface area (Å²) < 4.78 is 5.82. The molecule has 0 saturated heterocycles. The summed E-state index contributed by atoms with van der Waals surface area (Å²) in [6, 6.07) is 9.52. The quantitative estimate of drug-likeness (QED) is 0.572. The summed E-state index contributed by atoms with van der Waals surface area (Å²) in [7, 11) is 0. The second-order valence-electron chi connectivity index (χ2n) is 6.32. The molecule has 1 aromatic carbocycles. The lowest BCUT2D eigenvalue weighted by atomic mass is 10.0. The maximum absolute atomic E-state index is 11.1. The Morgan fingerprint density at radius 2 is 2.12 bits per heavy atom. The van der Waals surface area contributed by atoms with Gasteiger partial charge in [-0.2, -0.15) is 0 Å². The van der Waals surface area contributed by atoms with Crippen LogP contribution in [0.1, 0.15) is 44.7 Å². The molecule has 0 spiro atoms. The summed E-state index contributed by atoms with van der Waals surface area (Å²) in [6.07, 6.45) is 8.33. The molecule has 0 bridgehead atoms. The number of halogens is 1. The third-order valence-electron chi connectivity index (χ3n) is 3.68. The van der Waals surface area contributed by atoms with Crippen molar-refractivity contribution in [3.8, 4) is 11.6 Å². The van der Waals surface area contributed by atoms with Gasteiger partial charge in [-0.3, -0.25) is 0 Å². The second-order valence-corrected chi connectivity index (χ2v) is 6.76. The molecule has 0 fully saturated rings. The lowest BCUT2D eigenvalue weighted by Gasteiger charge is -2.08. The van der Waals surface area contributed by atoms with E-state index in [2.05, 4.69) is 11.9 Å². The lowest BCUT2D eigenvalue weighted by Crippen LogP contribution is -1.97. The average molecular weight is 358 g/mol. The number of ketones is 1. The minimum absolute atomic E-state index is 0.197. The zero-order valence-corrected chi connectivity index (χ0v) is 15.7. The molecule has 0 saturated carbocycles. The van der Waals surface area contributed by atoms with E-state index in [1.807, 2.05) is 43.3 Å². The first-order valence-electron chi connectivity index (χ1n) is 8.57. The van der Waals surface area contributed by atoms with Crippen molar-refractivity contribution in [2.75, 3.05) is 0 Å². The van der Waals surface area contributed by atoms with Crippen molar-refractivity contribution in [2.45, 2.75) is 40.0 Å². The summed E-state index contributed by atoms with van der Waals surface area (Å²) in [6.45, 7) is 5.77. The average Bonchev–Trinajstić information content (AvgIpc) is 2.53. The molecule has 3 nitrogen and oxygen atoms in total. The van der Waals surface area contributed by atoms with Crippen molar-refractivity contribution in [3.63, 3.8) is 0 Å². The topological polar surface area (TPSA) is 39.2 Å². The van der Waals surface area contributed by atoms with Crippen LogP contribution < -0.4 is 4.74 Å². The first kappa shape index (κ1) is 19.2. The fourth-order valence-electron chi connectivity index (χ4n) is 2.58. The summed E-state index contributed by atoms with van der Waals surface area (Å²) in [4.78, 5) is 15.4. The van der Waals surface area contributed by atoms with Crippen LogP contribution in [0.15, 0.2) is 42.6 Å². The molecular weight excluding hydrogens is 334 g/mol. The van der Waals surface area contributed by atoms with Crippen LogP contribution in [-0.2, 0) is 11.2 Å². The number of hydrogen-bond acceptors (Lipinski definition) is 3. The number of ether oxygens (including phenoxy) is 1. The third-order valence-corrected chi connectivity index (χ3v) is 3.90. The number of pyridine rings is 1. The van der Waals surface area contributed by atoms with E-state index in [1.54, 1.807) is 19.2 Å². The first-order chi connectivity index (χ1) is 12.0. The number of carbonyl (C=O) groups is 1. The van der Waals surface area contributed by atoms with E-state index >= 15 is 0 Å². The highest BCUT2D eigenvalue weighted by Gasteiger charge is 2.04. The van der Waals surface area contributed by atoms with Crippen molar-refractivity contribution in [1.82, 2.24) is 4.98 Å². The molecule has 2 aromatic rings. The fourth-order valence-corrected chi connectivity index (χ4v) is 2.83. The van der Waals surface area contributed by atoms with Gasteiger partial charge in [-0.15, -0.1) is 0 Å². The Morgan fingerprint density at radius 3 is 2.76 bits per heavy atom. The predicted octanol–water partition coefficient (Wildman–Crippen LogP) is 6.11. The molecule has 2 rings (SSSR count). The number of benzene rings is 1. The van der Waals surface area contributed by atoms with Gasteiger partial charge in [0.2, 0.25) is 5.88 Å². The highest BCUT2D eigenvalue weighted by atomic mass is 35.5. The zero-order valence-electron chi connectivity index (χ0n) is 15.0. The minimum Gasteiger partial charge on any atom is -0.439 e. The van der Waals surface area contributed by atoms with Gasteiger partial charge in [0.25, 0.3) is 0 Å². The number of carbonyl (C=O) groups excluding carboxylic acids is 1. The highest BCUT2D eigenvalue weighted by Crippen LogP contribution is 2.26. The van der Waals surface area contributed by atoms with Gasteiger partial charge in [-0.25, -0.2) is 4.98 Å². The molecule has 0 N–H and O–H groups in total. The number of nitrogens with zero attached hydrogens (tertiary/aromatic N) is 1. The Kier molecular flexibility index (Phi) is 7.20. The van der Waals surface area contributed by atoms with E-state index in [9.17, 15) is 4.79 Å². The zero-order chi connectivity index (χ0) is 18.2. The van der Waals surface area contributed by atoms with Gasteiger partial charge < -0.3 is 9.53 Å². The predicted molar refractivity (Wildman–Crippen MR) is 103 cm³/mol. The SMILES string of the molecule is CCCc1cc(Cl)cc(Oc2ccc(/C=C/[C@H](C)CC(C)=O)cn2)c1. The van der Waals surface area contributed by atoms with Crippen LogP contribution in [0.3, 0.4) is 0 Å². The number of rotatable bonds is 8. The van der Waals surface area contributed by atoms with Gasteiger partial charge in [0, 0.05) is 23.7 Å². The van der Waals surface area contributed by atoms with Crippen LogP contribution in [0.5, 0.6) is 11.6 Å². The molecule has 0 radical (unpaired) electrons. The Morgan fingerprint density at radius 1 is 1.32 bits per heavy atom. The molecule has 4 heteroatoms. The van der Waals surface area contributed by atoms with Gasteiger partial charge in [0.05, 0.1) is 0 Å². The van der Waals surface area contributed by atoms with Crippen molar-refractivity contribution < 1.29 is 9.53 Å². The number of aryl methyl sites for hydroxylation is 1. The fraction of sp³-hybridized carbons (Fsp3) is 0.333. The van der Waals surface area contributed by atoms with E-state index in [0.717, 1.165) is 24.0 Å².